The molecule has 0 saturated heterocycles. The molecule has 1 unspecified atom stereocenters. The molecule has 0 aliphatic carbocycles. The fraction of sp³-hybridized carbons (Fsp3) is 0.192. The summed E-state index contributed by atoms with van der Waals surface area (Å²) in [6.07, 6.45) is 2.46. The Kier molecular flexibility index (Phi) is 8.84. The molecular formula is C26H28N6O4. The van der Waals surface area contributed by atoms with Crippen LogP contribution in [-0.2, 0) is 27.5 Å². The van der Waals surface area contributed by atoms with Crippen molar-refractivity contribution in [3.63, 3.8) is 0 Å². The first-order valence-electron chi connectivity index (χ1n) is 11.2. The lowest BCUT2D eigenvalue weighted by molar-refractivity contribution is -0.122. The Bertz CT molecular complexity index is 1320. The number of rotatable bonds is 10. The highest BCUT2D eigenvalue weighted by molar-refractivity contribution is 5.98. The number of carbonyl (C=O) groups excluding carboxylic acids is 3. The molecule has 0 saturated carbocycles. The van der Waals surface area contributed by atoms with E-state index in [1.165, 1.54) is 16.8 Å². The standard InChI is InChI=1S/C26H28N6O4/c1-4-22(33)30-20-12-8-9-18(13-20)14-28-23(34)16-32-24(19-10-6-5-7-11-19)29-15-21(26(32)36)31-25(35)17(2)27-3/h4-13,15,17,27H,1,14,16H2,2-3H3,(H,28,34)(H,30,33)(H,31,35). The second kappa shape index (κ2) is 12.2. The Labute approximate surface area is 208 Å². The first-order valence-corrected chi connectivity index (χ1v) is 11.2. The topological polar surface area (TPSA) is 134 Å². The van der Waals surface area contributed by atoms with E-state index < -0.39 is 23.4 Å². The zero-order chi connectivity index (χ0) is 26.1. The second-order valence-electron chi connectivity index (χ2n) is 7.92. The van der Waals surface area contributed by atoms with Crippen molar-refractivity contribution in [2.45, 2.75) is 26.1 Å². The van der Waals surface area contributed by atoms with Gasteiger partial charge in [0.05, 0.1) is 12.2 Å². The van der Waals surface area contributed by atoms with Crippen molar-refractivity contribution in [2.24, 2.45) is 0 Å². The molecule has 0 aliphatic heterocycles. The molecule has 3 rings (SSSR count). The highest BCUT2D eigenvalue weighted by Gasteiger charge is 2.18. The number of benzene rings is 2. The maximum Gasteiger partial charge on any atom is 0.278 e. The summed E-state index contributed by atoms with van der Waals surface area (Å²) in [5, 5.41) is 10.8. The quantitative estimate of drug-likeness (QED) is 0.322. The highest BCUT2D eigenvalue weighted by atomic mass is 16.2. The predicted molar refractivity (Wildman–Crippen MR) is 138 cm³/mol. The van der Waals surface area contributed by atoms with Gasteiger partial charge in [-0.3, -0.25) is 23.7 Å². The van der Waals surface area contributed by atoms with Crippen molar-refractivity contribution >= 4 is 29.1 Å². The second-order valence-corrected chi connectivity index (χ2v) is 7.92. The van der Waals surface area contributed by atoms with E-state index in [0.29, 0.717) is 17.1 Å². The van der Waals surface area contributed by atoms with Crippen LogP contribution in [0.2, 0.25) is 0 Å². The Balaban J connectivity index is 1.82. The zero-order valence-corrected chi connectivity index (χ0v) is 20.1. The van der Waals surface area contributed by atoms with Crippen LogP contribution in [0.5, 0.6) is 0 Å². The Morgan fingerprint density at radius 2 is 1.83 bits per heavy atom. The summed E-state index contributed by atoms with van der Waals surface area (Å²) >= 11 is 0. The van der Waals surface area contributed by atoms with Crippen molar-refractivity contribution in [1.29, 1.82) is 0 Å². The molecule has 0 bridgehead atoms. The third-order valence-electron chi connectivity index (χ3n) is 5.33. The van der Waals surface area contributed by atoms with Crippen LogP contribution >= 0.6 is 0 Å². The molecule has 2 aromatic carbocycles. The molecule has 10 nitrogen and oxygen atoms in total. The van der Waals surface area contributed by atoms with Crippen molar-refractivity contribution in [3.8, 4) is 11.4 Å². The number of likely N-dealkylation sites (N-methyl/N-ethyl adjacent to an activating group) is 1. The van der Waals surface area contributed by atoms with Crippen LogP contribution < -0.4 is 26.8 Å². The van der Waals surface area contributed by atoms with Gasteiger partial charge in [-0.05, 0) is 37.7 Å². The first kappa shape index (κ1) is 26.0. The third-order valence-corrected chi connectivity index (χ3v) is 5.33. The van der Waals surface area contributed by atoms with Crippen LogP contribution in [0, 0.1) is 0 Å². The van der Waals surface area contributed by atoms with Crippen LogP contribution in [0.25, 0.3) is 11.4 Å². The Morgan fingerprint density at radius 1 is 1.08 bits per heavy atom. The number of amides is 3. The molecule has 3 amide bonds. The summed E-state index contributed by atoms with van der Waals surface area (Å²) in [4.78, 5) is 54.3. The van der Waals surface area contributed by atoms with Crippen LogP contribution in [0.4, 0.5) is 11.4 Å². The molecule has 1 heterocycles. The molecule has 0 radical (unpaired) electrons. The van der Waals surface area contributed by atoms with E-state index in [1.54, 1.807) is 62.5 Å². The van der Waals surface area contributed by atoms with E-state index in [4.69, 9.17) is 0 Å². The van der Waals surface area contributed by atoms with Gasteiger partial charge >= 0.3 is 0 Å². The third kappa shape index (κ3) is 6.73. The van der Waals surface area contributed by atoms with Gasteiger partial charge < -0.3 is 21.3 Å². The predicted octanol–water partition coefficient (Wildman–Crippen LogP) is 1.90. The van der Waals surface area contributed by atoms with Crippen LogP contribution in [0.1, 0.15) is 12.5 Å². The van der Waals surface area contributed by atoms with E-state index in [1.807, 2.05) is 6.07 Å². The van der Waals surface area contributed by atoms with Crippen molar-refractivity contribution in [2.75, 3.05) is 17.7 Å². The minimum atomic E-state index is -0.551. The molecule has 3 aromatic rings. The molecule has 0 fully saturated rings. The summed E-state index contributed by atoms with van der Waals surface area (Å²) in [7, 11) is 1.63. The molecule has 36 heavy (non-hydrogen) atoms. The minimum absolute atomic E-state index is 0.0276. The highest BCUT2D eigenvalue weighted by Crippen LogP contribution is 2.16. The lowest BCUT2D eigenvalue weighted by Gasteiger charge is -2.16. The van der Waals surface area contributed by atoms with E-state index in [2.05, 4.69) is 32.8 Å². The summed E-state index contributed by atoms with van der Waals surface area (Å²) in [5.41, 5.74) is 1.39. The average molecular weight is 489 g/mol. The van der Waals surface area contributed by atoms with Gasteiger partial charge in [0.2, 0.25) is 17.7 Å². The Hall–Kier alpha value is -4.57. The normalized spacial score (nSPS) is 11.3. The number of nitrogens with zero attached hydrogens (tertiary/aromatic N) is 2. The Morgan fingerprint density at radius 3 is 2.53 bits per heavy atom. The van der Waals surface area contributed by atoms with Crippen LogP contribution in [0.3, 0.4) is 0 Å². The van der Waals surface area contributed by atoms with Gasteiger partial charge in [0.1, 0.15) is 18.1 Å². The smallest absolute Gasteiger partial charge is 0.278 e. The van der Waals surface area contributed by atoms with E-state index in [-0.39, 0.29) is 24.7 Å². The molecule has 1 aromatic heterocycles. The van der Waals surface area contributed by atoms with E-state index >= 15 is 0 Å². The van der Waals surface area contributed by atoms with E-state index in [9.17, 15) is 19.2 Å². The number of aromatic nitrogens is 2. The number of hydrogen-bond donors (Lipinski definition) is 4. The number of carbonyl (C=O) groups is 3. The monoisotopic (exact) mass is 488 g/mol. The van der Waals surface area contributed by atoms with Gasteiger partial charge in [0.25, 0.3) is 5.56 Å². The lowest BCUT2D eigenvalue weighted by atomic mass is 10.2. The van der Waals surface area contributed by atoms with Gasteiger partial charge in [-0.25, -0.2) is 4.98 Å². The van der Waals surface area contributed by atoms with Gasteiger partial charge in [-0.1, -0.05) is 49.0 Å². The van der Waals surface area contributed by atoms with Crippen molar-refractivity contribution in [3.05, 3.63) is 89.4 Å². The molecule has 186 valence electrons. The van der Waals surface area contributed by atoms with Crippen LogP contribution in [-0.4, -0.2) is 40.4 Å². The molecule has 10 heteroatoms. The number of anilines is 2. The largest absolute Gasteiger partial charge is 0.350 e. The summed E-state index contributed by atoms with van der Waals surface area (Å²) < 4.78 is 1.23. The molecular weight excluding hydrogens is 460 g/mol. The maximum absolute atomic E-state index is 13.3. The summed E-state index contributed by atoms with van der Waals surface area (Å²) in [6.45, 7) is 4.94. The first-order chi connectivity index (χ1) is 17.3. The zero-order valence-electron chi connectivity index (χ0n) is 20.1. The van der Waals surface area contributed by atoms with E-state index in [0.717, 1.165) is 5.56 Å². The lowest BCUT2D eigenvalue weighted by Crippen LogP contribution is -2.39. The number of hydrogen-bond acceptors (Lipinski definition) is 6. The molecule has 1 atom stereocenters. The SMILES string of the molecule is C=CC(=O)Nc1cccc(CNC(=O)Cn2c(-c3ccccc3)ncc(NC(=O)C(C)NC)c2=O)c1. The van der Waals surface area contributed by atoms with Crippen molar-refractivity contribution in [1.82, 2.24) is 20.2 Å². The molecule has 4 N–H and O–H groups in total. The summed E-state index contributed by atoms with van der Waals surface area (Å²) in [6, 6.07) is 15.5. The van der Waals surface area contributed by atoms with Gasteiger partial charge in [-0.15, -0.1) is 0 Å². The minimum Gasteiger partial charge on any atom is -0.350 e. The van der Waals surface area contributed by atoms with Gasteiger partial charge in [0, 0.05) is 17.8 Å². The fourth-order valence-electron chi connectivity index (χ4n) is 3.27. The average Bonchev–Trinajstić information content (AvgIpc) is 2.89. The molecule has 0 aliphatic rings. The summed E-state index contributed by atoms with van der Waals surface area (Å²) in [5.74, 6) is -0.871. The van der Waals surface area contributed by atoms with Gasteiger partial charge in [0.15, 0.2) is 0 Å². The number of nitrogens with one attached hydrogen (secondary N) is 4. The van der Waals surface area contributed by atoms with Crippen molar-refractivity contribution < 1.29 is 14.4 Å². The maximum atomic E-state index is 13.3. The fourth-order valence-corrected chi connectivity index (χ4v) is 3.27. The van der Waals surface area contributed by atoms with Gasteiger partial charge in [-0.2, -0.15) is 0 Å². The molecule has 0 spiro atoms. The van der Waals surface area contributed by atoms with Crippen LogP contribution in [0.15, 0.2) is 78.2 Å².